The predicted octanol–water partition coefficient (Wildman–Crippen LogP) is 4.19. The standard InChI is InChI=1S/C18H17F3N2O3/c1-3-12-5-7-13(8-6-12)16-22-15(26-23-16)10-17(24,18(19,20)21)14-9-4-11(2)25-14/h4-9,24H,3,10H2,1-2H3/t17-/m1/s1. The summed E-state index contributed by atoms with van der Waals surface area (Å²) < 4.78 is 50.4. The quantitative estimate of drug-likeness (QED) is 0.733. The zero-order valence-electron chi connectivity index (χ0n) is 14.2. The first-order chi connectivity index (χ1) is 12.2. The van der Waals surface area contributed by atoms with Gasteiger partial charge in [-0.25, -0.2) is 0 Å². The first-order valence-electron chi connectivity index (χ1n) is 8.01. The van der Waals surface area contributed by atoms with E-state index in [-0.39, 0.29) is 17.5 Å². The summed E-state index contributed by atoms with van der Waals surface area (Å²) in [6.07, 6.45) is -5.06. The van der Waals surface area contributed by atoms with E-state index in [1.807, 2.05) is 19.1 Å². The lowest BCUT2D eigenvalue weighted by Crippen LogP contribution is -2.44. The zero-order valence-corrected chi connectivity index (χ0v) is 14.2. The van der Waals surface area contributed by atoms with Crippen LogP contribution in [-0.2, 0) is 18.4 Å². The minimum absolute atomic E-state index is 0.155. The van der Waals surface area contributed by atoms with E-state index < -0.39 is 24.0 Å². The molecule has 0 bridgehead atoms. The summed E-state index contributed by atoms with van der Waals surface area (Å²) in [5.74, 6) is -0.546. The van der Waals surface area contributed by atoms with Crippen LogP contribution in [-0.4, -0.2) is 21.4 Å². The second kappa shape index (κ2) is 6.60. The van der Waals surface area contributed by atoms with Gasteiger partial charge < -0.3 is 14.0 Å². The number of hydrogen-bond acceptors (Lipinski definition) is 5. The van der Waals surface area contributed by atoms with Gasteiger partial charge in [0.2, 0.25) is 17.3 Å². The topological polar surface area (TPSA) is 72.3 Å². The SMILES string of the molecule is CCc1ccc(-c2noc(C[C@@](O)(c3ccc(C)o3)C(F)(F)F)n2)cc1. The molecule has 0 saturated carbocycles. The summed E-state index contributed by atoms with van der Waals surface area (Å²) in [5, 5.41) is 14.0. The van der Waals surface area contributed by atoms with Crippen LogP contribution in [0.3, 0.4) is 0 Å². The first-order valence-corrected chi connectivity index (χ1v) is 8.01. The summed E-state index contributed by atoms with van der Waals surface area (Å²) in [5.41, 5.74) is -1.53. The molecule has 0 aliphatic carbocycles. The summed E-state index contributed by atoms with van der Waals surface area (Å²) >= 11 is 0. The van der Waals surface area contributed by atoms with Crippen LogP contribution in [0.25, 0.3) is 11.4 Å². The van der Waals surface area contributed by atoms with Gasteiger partial charge in [0.15, 0.2) is 0 Å². The van der Waals surface area contributed by atoms with Crippen molar-refractivity contribution in [1.82, 2.24) is 10.1 Å². The van der Waals surface area contributed by atoms with Gasteiger partial charge in [0, 0.05) is 5.56 Å². The summed E-state index contributed by atoms with van der Waals surface area (Å²) in [4.78, 5) is 3.99. The predicted molar refractivity (Wildman–Crippen MR) is 86.2 cm³/mol. The van der Waals surface area contributed by atoms with Crippen LogP contribution >= 0.6 is 0 Å². The van der Waals surface area contributed by atoms with E-state index in [9.17, 15) is 18.3 Å². The number of aromatic nitrogens is 2. The Morgan fingerprint density at radius 3 is 2.31 bits per heavy atom. The highest BCUT2D eigenvalue weighted by Crippen LogP contribution is 2.42. The van der Waals surface area contributed by atoms with E-state index in [0.29, 0.717) is 5.56 Å². The number of alkyl halides is 3. The third-order valence-electron chi connectivity index (χ3n) is 4.11. The number of aryl methyl sites for hydroxylation is 2. The van der Waals surface area contributed by atoms with Gasteiger partial charge >= 0.3 is 6.18 Å². The maximum absolute atomic E-state index is 13.5. The van der Waals surface area contributed by atoms with E-state index in [1.54, 1.807) is 12.1 Å². The van der Waals surface area contributed by atoms with E-state index in [2.05, 4.69) is 10.1 Å². The highest BCUT2D eigenvalue weighted by Gasteiger charge is 2.58. The van der Waals surface area contributed by atoms with Gasteiger partial charge in [0.05, 0.1) is 6.42 Å². The van der Waals surface area contributed by atoms with Crippen LogP contribution in [0.4, 0.5) is 13.2 Å². The van der Waals surface area contributed by atoms with E-state index in [4.69, 9.17) is 8.94 Å². The molecule has 26 heavy (non-hydrogen) atoms. The molecule has 0 saturated heterocycles. The summed E-state index contributed by atoms with van der Waals surface area (Å²) in [6, 6.07) is 9.72. The number of halogens is 3. The molecule has 0 radical (unpaired) electrons. The number of benzene rings is 1. The lowest BCUT2D eigenvalue weighted by Gasteiger charge is -2.27. The third-order valence-corrected chi connectivity index (χ3v) is 4.11. The fraction of sp³-hybridized carbons (Fsp3) is 0.333. The molecule has 1 aromatic carbocycles. The lowest BCUT2D eigenvalue weighted by atomic mass is 9.95. The molecule has 0 fully saturated rings. The smallest absolute Gasteiger partial charge is 0.425 e. The van der Waals surface area contributed by atoms with E-state index >= 15 is 0 Å². The van der Waals surface area contributed by atoms with Gasteiger partial charge in [-0.2, -0.15) is 18.2 Å². The molecule has 3 rings (SSSR count). The molecule has 0 unspecified atom stereocenters. The van der Waals surface area contributed by atoms with Crippen LogP contribution in [0, 0.1) is 6.92 Å². The zero-order chi connectivity index (χ0) is 18.9. The molecule has 138 valence electrons. The van der Waals surface area contributed by atoms with Crippen molar-refractivity contribution in [1.29, 1.82) is 0 Å². The van der Waals surface area contributed by atoms with Crippen molar-refractivity contribution in [2.75, 3.05) is 0 Å². The van der Waals surface area contributed by atoms with Gasteiger partial charge in [-0.15, -0.1) is 0 Å². The molecule has 3 aromatic rings. The van der Waals surface area contributed by atoms with Crippen LogP contribution < -0.4 is 0 Å². The normalized spacial score (nSPS) is 14.4. The van der Waals surface area contributed by atoms with Gasteiger partial charge in [-0.3, -0.25) is 0 Å². The van der Waals surface area contributed by atoms with Crippen molar-refractivity contribution in [2.24, 2.45) is 0 Å². The number of aliphatic hydroxyl groups is 1. The Morgan fingerprint density at radius 1 is 1.08 bits per heavy atom. The van der Waals surface area contributed by atoms with Crippen molar-refractivity contribution in [3.05, 3.63) is 59.4 Å². The molecule has 1 N–H and O–H groups in total. The largest absolute Gasteiger partial charge is 0.463 e. The average molecular weight is 366 g/mol. The number of rotatable bonds is 5. The molecular weight excluding hydrogens is 349 g/mol. The second-order valence-corrected chi connectivity index (χ2v) is 6.01. The summed E-state index contributed by atoms with van der Waals surface area (Å²) in [6.45, 7) is 3.50. The maximum atomic E-state index is 13.5. The van der Waals surface area contributed by atoms with E-state index in [0.717, 1.165) is 18.1 Å². The molecule has 0 spiro atoms. The number of nitrogens with zero attached hydrogens (tertiary/aromatic N) is 2. The molecule has 8 heteroatoms. The fourth-order valence-electron chi connectivity index (χ4n) is 2.54. The molecule has 0 aliphatic rings. The van der Waals surface area contributed by atoms with Crippen LogP contribution in [0.1, 0.15) is 29.9 Å². The van der Waals surface area contributed by atoms with Crippen molar-refractivity contribution in [3.63, 3.8) is 0 Å². The van der Waals surface area contributed by atoms with Crippen molar-refractivity contribution >= 4 is 0 Å². The van der Waals surface area contributed by atoms with Crippen molar-refractivity contribution in [3.8, 4) is 11.4 Å². The van der Waals surface area contributed by atoms with Crippen molar-refractivity contribution in [2.45, 2.75) is 38.5 Å². The van der Waals surface area contributed by atoms with Crippen LogP contribution in [0.15, 0.2) is 45.3 Å². The minimum atomic E-state index is -4.98. The summed E-state index contributed by atoms with van der Waals surface area (Å²) in [7, 11) is 0. The average Bonchev–Trinajstić information content (AvgIpc) is 3.23. The minimum Gasteiger partial charge on any atom is -0.463 e. The Bertz CT molecular complexity index is 884. The van der Waals surface area contributed by atoms with Gasteiger partial charge in [0.25, 0.3) is 0 Å². The fourth-order valence-corrected chi connectivity index (χ4v) is 2.54. The van der Waals surface area contributed by atoms with Crippen LogP contribution in [0.2, 0.25) is 0 Å². The van der Waals surface area contributed by atoms with Gasteiger partial charge in [-0.05, 0) is 31.0 Å². The Kier molecular flexibility index (Phi) is 4.62. The van der Waals surface area contributed by atoms with E-state index in [1.165, 1.54) is 13.0 Å². The molecule has 2 aromatic heterocycles. The molecular formula is C18H17F3N2O3. The number of hydrogen-bond donors (Lipinski definition) is 1. The van der Waals surface area contributed by atoms with Crippen molar-refractivity contribution < 1.29 is 27.2 Å². The van der Waals surface area contributed by atoms with Crippen LogP contribution in [0.5, 0.6) is 0 Å². The Morgan fingerprint density at radius 2 is 1.77 bits per heavy atom. The van der Waals surface area contributed by atoms with Gasteiger partial charge in [-0.1, -0.05) is 36.3 Å². The molecule has 2 heterocycles. The Hall–Kier alpha value is -2.61. The second-order valence-electron chi connectivity index (χ2n) is 6.01. The third kappa shape index (κ3) is 3.37. The van der Waals surface area contributed by atoms with Gasteiger partial charge in [0.1, 0.15) is 11.5 Å². The highest BCUT2D eigenvalue weighted by molar-refractivity contribution is 5.54. The molecule has 5 nitrogen and oxygen atoms in total. The maximum Gasteiger partial charge on any atom is 0.425 e. The Balaban J connectivity index is 1.90. The lowest BCUT2D eigenvalue weighted by molar-refractivity contribution is -0.273. The molecule has 0 aliphatic heterocycles. The monoisotopic (exact) mass is 366 g/mol. The first kappa shape index (κ1) is 18.2. The number of furan rings is 1. The Labute approximate surface area is 147 Å². The highest BCUT2D eigenvalue weighted by atomic mass is 19.4. The molecule has 1 atom stereocenters. The molecule has 0 amide bonds.